The largest absolute Gasteiger partial charge is 0.357 e. The van der Waals surface area contributed by atoms with Crippen molar-refractivity contribution < 1.29 is 0 Å². The van der Waals surface area contributed by atoms with Crippen LogP contribution in [0.1, 0.15) is 30.0 Å². The highest BCUT2D eigenvalue weighted by molar-refractivity contribution is 9.10. The third kappa shape index (κ3) is 4.87. The van der Waals surface area contributed by atoms with Crippen molar-refractivity contribution in [3.63, 3.8) is 0 Å². The zero-order chi connectivity index (χ0) is 18.5. The first-order valence-electron chi connectivity index (χ1n) is 9.31. The number of guanidine groups is 1. The summed E-state index contributed by atoms with van der Waals surface area (Å²) >= 11 is 3.53. The van der Waals surface area contributed by atoms with Crippen LogP contribution in [-0.4, -0.2) is 40.3 Å². The molecule has 1 saturated heterocycles. The number of aromatic nitrogens is 2. The number of aliphatic imine (C=N–C) groups is 1. The van der Waals surface area contributed by atoms with E-state index < -0.39 is 0 Å². The fraction of sp³-hybridized carbons (Fsp3) is 0.500. The molecule has 1 N–H and O–H groups in total. The molecule has 2 aromatic rings. The number of halogens is 1. The van der Waals surface area contributed by atoms with E-state index in [0.29, 0.717) is 12.5 Å². The lowest BCUT2D eigenvalue weighted by atomic mass is 10.0. The Balaban J connectivity index is 1.63. The number of benzene rings is 1. The first kappa shape index (κ1) is 19.0. The van der Waals surface area contributed by atoms with Gasteiger partial charge in [0.05, 0.1) is 12.7 Å². The lowest BCUT2D eigenvalue weighted by Gasteiger charge is -2.22. The molecule has 0 bridgehead atoms. The van der Waals surface area contributed by atoms with E-state index >= 15 is 0 Å². The van der Waals surface area contributed by atoms with Gasteiger partial charge in [0.15, 0.2) is 5.96 Å². The standard InChI is InChI=1S/C20H28BrN5/c1-4-22-20(23-12-18-5-6-19(21)9-15(18)2)26-8-7-16(14-26)10-17-11-24-25(3)13-17/h5-6,9,11,13,16H,4,7-8,10,12,14H2,1-3H3,(H,22,23). The zero-order valence-electron chi connectivity index (χ0n) is 15.9. The van der Waals surface area contributed by atoms with E-state index in [4.69, 9.17) is 4.99 Å². The third-order valence-electron chi connectivity index (χ3n) is 4.91. The van der Waals surface area contributed by atoms with Crippen molar-refractivity contribution >= 4 is 21.9 Å². The van der Waals surface area contributed by atoms with Crippen molar-refractivity contribution in [2.24, 2.45) is 18.0 Å². The van der Waals surface area contributed by atoms with Gasteiger partial charge in [0, 0.05) is 37.4 Å². The minimum atomic E-state index is 0.664. The molecule has 140 valence electrons. The number of rotatable bonds is 5. The molecule has 3 rings (SSSR count). The molecule has 1 aliphatic rings. The molecule has 5 nitrogen and oxygen atoms in total. The van der Waals surface area contributed by atoms with Crippen molar-refractivity contribution in [3.05, 3.63) is 51.8 Å². The maximum atomic E-state index is 4.90. The first-order chi connectivity index (χ1) is 12.5. The van der Waals surface area contributed by atoms with Gasteiger partial charge in [0.1, 0.15) is 0 Å². The maximum absolute atomic E-state index is 4.90. The third-order valence-corrected chi connectivity index (χ3v) is 5.40. The molecule has 0 aliphatic carbocycles. The van der Waals surface area contributed by atoms with E-state index in [1.165, 1.54) is 23.1 Å². The summed E-state index contributed by atoms with van der Waals surface area (Å²) in [6.45, 7) is 8.00. The summed E-state index contributed by atoms with van der Waals surface area (Å²) in [5, 5.41) is 7.75. The molecule has 0 spiro atoms. The first-order valence-corrected chi connectivity index (χ1v) is 10.1. The maximum Gasteiger partial charge on any atom is 0.194 e. The minimum absolute atomic E-state index is 0.664. The average molecular weight is 418 g/mol. The lowest BCUT2D eigenvalue weighted by Crippen LogP contribution is -2.40. The quantitative estimate of drug-likeness (QED) is 0.597. The molecule has 1 aliphatic heterocycles. The van der Waals surface area contributed by atoms with Crippen LogP contribution in [0.25, 0.3) is 0 Å². The number of hydrogen-bond acceptors (Lipinski definition) is 2. The van der Waals surface area contributed by atoms with Gasteiger partial charge in [0.2, 0.25) is 0 Å². The molecule has 0 saturated carbocycles. The van der Waals surface area contributed by atoms with Crippen LogP contribution in [0.3, 0.4) is 0 Å². The summed E-state index contributed by atoms with van der Waals surface area (Å²) in [7, 11) is 1.98. The summed E-state index contributed by atoms with van der Waals surface area (Å²) < 4.78 is 3.00. The Bertz CT molecular complexity index is 767. The molecule has 26 heavy (non-hydrogen) atoms. The lowest BCUT2D eigenvalue weighted by molar-refractivity contribution is 0.460. The molecule has 6 heteroatoms. The van der Waals surface area contributed by atoms with Gasteiger partial charge in [-0.05, 0) is 61.4 Å². The summed E-state index contributed by atoms with van der Waals surface area (Å²) in [5.74, 6) is 1.70. The number of nitrogens with one attached hydrogen (secondary N) is 1. The molecule has 1 aromatic carbocycles. The second kappa shape index (κ2) is 8.71. The average Bonchev–Trinajstić information content (AvgIpc) is 3.22. The molecular weight excluding hydrogens is 390 g/mol. The van der Waals surface area contributed by atoms with E-state index in [2.05, 4.69) is 69.5 Å². The van der Waals surface area contributed by atoms with Crippen LogP contribution in [0.2, 0.25) is 0 Å². The topological polar surface area (TPSA) is 45.5 Å². The highest BCUT2D eigenvalue weighted by Gasteiger charge is 2.25. The van der Waals surface area contributed by atoms with Gasteiger partial charge < -0.3 is 10.2 Å². The van der Waals surface area contributed by atoms with E-state index in [-0.39, 0.29) is 0 Å². The number of aryl methyl sites for hydroxylation is 2. The minimum Gasteiger partial charge on any atom is -0.357 e. The molecule has 0 radical (unpaired) electrons. The molecule has 2 heterocycles. The van der Waals surface area contributed by atoms with Gasteiger partial charge in [-0.2, -0.15) is 5.10 Å². The Labute approximate surface area is 164 Å². The normalized spacial score (nSPS) is 17.8. The fourth-order valence-corrected chi connectivity index (χ4v) is 4.00. The molecular formula is C20H28BrN5. The number of nitrogens with zero attached hydrogens (tertiary/aromatic N) is 4. The Kier molecular flexibility index (Phi) is 6.35. The Morgan fingerprint density at radius 1 is 1.42 bits per heavy atom. The van der Waals surface area contributed by atoms with Gasteiger partial charge in [-0.1, -0.05) is 22.0 Å². The zero-order valence-corrected chi connectivity index (χ0v) is 17.5. The monoisotopic (exact) mass is 417 g/mol. The summed E-state index contributed by atoms with van der Waals surface area (Å²) in [6, 6.07) is 6.39. The molecule has 1 atom stereocenters. The van der Waals surface area contributed by atoms with Crippen molar-refractivity contribution in [2.75, 3.05) is 19.6 Å². The Morgan fingerprint density at radius 3 is 2.96 bits per heavy atom. The van der Waals surface area contributed by atoms with Crippen LogP contribution in [0, 0.1) is 12.8 Å². The summed E-state index contributed by atoms with van der Waals surface area (Å²) in [6.07, 6.45) is 6.41. The van der Waals surface area contributed by atoms with E-state index in [0.717, 1.165) is 36.5 Å². The van der Waals surface area contributed by atoms with Gasteiger partial charge in [-0.15, -0.1) is 0 Å². The molecule has 0 amide bonds. The van der Waals surface area contributed by atoms with Crippen molar-refractivity contribution in [3.8, 4) is 0 Å². The van der Waals surface area contributed by atoms with E-state index in [1.54, 1.807) is 0 Å². The van der Waals surface area contributed by atoms with Gasteiger partial charge in [0.25, 0.3) is 0 Å². The van der Waals surface area contributed by atoms with Crippen molar-refractivity contribution in [1.29, 1.82) is 0 Å². The number of hydrogen-bond donors (Lipinski definition) is 1. The van der Waals surface area contributed by atoms with E-state index in [1.807, 2.05) is 17.9 Å². The van der Waals surface area contributed by atoms with Crippen molar-refractivity contribution in [2.45, 2.75) is 33.2 Å². The van der Waals surface area contributed by atoms with Gasteiger partial charge in [-0.25, -0.2) is 4.99 Å². The van der Waals surface area contributed by atoms with Crippen LogP contribution in [0.15, 0.2) is 40.1 Å². The van der Waals surface area contributed by atoms with Crippen LogP contribution < -0.4 is 5.32 Å². The van der Waals surface area contributed by atoms with E-state index in [9.17, 15) is 0 Å². The second-order valence-electron chi connectivity index (χ2n) is 7.07. The predicted octanol–water partition coefficient (Wildman–Crippen LogP) is 3.52. The molecule has 1 unspecified atom stereocenters. The Hall–Kier alpha value is -1.82. The highest BCUT2D eigenvalue weighted by atomic mass is 79.9. The number of likely N-dealkylation sites (tertiary alicyclic amines) is 1. The van der Waals surface area contributed by atoms with Crippen LogP contribution in [0.5, 0.6) is 0 Å². The predicted molar refractivity (Wildman–Crippen MR) is 110 cm³/mol. The fourth-order valence-electron chi connectivity index (χ4n) is 3.52. The SMILES string of the molecule is CCNC(=NCc1ccc(Br)cc1C)N1CCC(Cc2cnn(C)c2)C1. The van der Waals surface area contributed by atoms with Crippen molar-refractivity contribution in [1.82, 2.24) is 20.0 Å². The van der Waals surface area contributed by atoms with Crippen LogP contribution in [-0.2, 0) is 20.0 Å². The van der Waals surface area contributed by atoms with Gasteiger partial charge in [-0.3, -0.25) is 4.68 Å². The van der Waals surface area contributed by atoms with Crippen LogP contribution >= 0.6 is 15.9 Å². The van der Waals surface area contributed by atoms with Crippen LogP contribution in [0.4, 0.5) is 0 Å². The smallest absolute Gasteiger partial charge is 0.194 e. The summed E-state index contributed by atoms with van der Waals surface area (Å²) in [5.41, 5.74) is 3.87. The summed E-state index contributed by atoms with van der Waals surface area (Å²) in [4.78, 5) is 7.30. The van der Waals surface area contributed by atoms with Gasteiger partial charge >= 0.3 is 0 Å². The second-order valence-corrected chi connectivity index (χ2v) is 7.98. The molecule has 1 aromatic heterocycles. The molecule has 1 fully saturated rings. The Morgan fingerprint density at radius 2 is 2.27 bits per heavy atom. The highest BCUT2D eigenvalue weighted by Crippen LogP contribution is 2.21.